The Morgan fingerprint density at radius 1 is 1.41 bits per heavy atom. The SMILES string of the molecule is CC(Br)C(C)(C)NC(=O)CSc1ccccc1. The van der Waals surface area contributed by atoms with Crippen LogP contribution in [0.15, 0.2) is 35.2 Å². The Balaban J connectivity index is 2.41. The molecule has 0 radical (unpaired) electrons. The normalized spacial score (nSPS) is 13.2. The summed E-state index contributed by atoms with van der Waals surface area (Å²) >= 11 is 5.05. The van der Waals surface area contributed by atoms with Gasteiger partial charge in [-0.2, -0.15) is 0 Å². The van der Waals surface area contributed by atoms with Crippen molar-refractivity contribution in [2.75, 3.05) is 5.75 Å². The second-order valence-electron chi connectivity index (χ2n) is 4.49. The summed E-state index contributed by atoms with van der Waals surface area (Å²) in [6, 6.07) is 9.95. The van der Waals surface area contributed by atoms with Gasteiger partial charge < -0.3 is 5.32 Å². The van der Waals surface area contributed by atoms with Gasteiger partial charge in [0.2, 0.25) is 5.91 Å². The molecule has 0 aliphatic heterocycles. The summed E-state index contributed by atoms with van der Waals surface area (Å²) in [5.41, 5.74) is -0.228. The first-order chi connectivity index (χ1) is 7.92. The van der Waals surface area contributed by atoms with Crippen LogP contribution in [-0.4, -0.2) is 22.0 Å². The Morgan fingerprint density at radius 3 is 2.53 bits per heavy atom. The highest BCUT2D eigenvalue weighted by atomic mass is 79.9. The van der Waals surface area contributed by atoms with Crippen molar-refractivity contribution in [3.05, 3.63) is 30.3 Å². The molecular formula is C13H18BrNOS. The monoisotopic (exact) mass is 315 g/mol. The lowest BCUT2D eigenvalue weighted by atomic mass is 10.0. The molecule has 0 saturated carbocycles. The van der Waals surface area contributed by atoms with Crippen LogP contribution in [0.3, 0.4) is 0 Å². The molecule has 2 nitrogen and oxygen atoms in total. The number of halogens is 1. The lowest BCUT2D eigenvalue weighted by molar-refractivity contribution is -0.120. The molecule has 0 spiro atoms. The van der Waals surface area contributed by atoms with E-state index in [0.29, 0.717) is 5.75 Å². The van der Waals surface area contributed by atoms with Crippen LogP contribution < -0.4 is 5.32 Å². The molecule has 1 N–H and O–H groups in total. The molecule has 1 amide bonds. The molecule has 1 aromatic carbocycles. The zero-order chi connectivity index (χ0) is 12.9. The topological polar surface area (TPSA) is 29.1 Å². The summed E-state index contributed by atoms with van der Waals surface area (Å²) in [6.45, 7) is 6.06. The highest BCUT2D eigenvalue weighted by Crippen LogP contribution is 2.19. The van der Waals surface area contributed by atoms with E-state index in [9.17, 15) is 4.79 Å². The van der Waals surface area contributed by atoms with Crippen LogP contribution >= 0.6 is 27.7 Å². The molecule has 0 aromatic heterocycles. The summed E-state index contributed by atoms with van der Waals surface area (Å²) in [7, 11) is 0. The molecule has 0 aliphatic carbocycles. The molecule has 0 heterocycles. The van der Waals surface area contributed by atoms with Gasteiger partial charge in [0.25, 0.3) is 0 Å². The third-order valence-corrected chi connectivity index (χ3v) is 4.73. The van der Waals surface area contributed by atoms with Gasteiger partial charge in [-0.3, -0.25) is 4.79 Å². The minimum Gasteiger partial charge on any atom is -0.349 e. The first-order valence-corrected chi connectivity index (χ1v) is 7.45. The Bertz CT molecular complexity index is 365. The van der Waals surface area contributed by atoms with Crippen molar-refractivity contribution in [2.45, 2.75) is 36.0 Å². The maximum absolute atomic E-state index is 11.8. The van der Waals surface area contributed by atoms with Crippen LogP contribution in [0.25, 0.3) is 0 Å². The van der Waals surface area contributed by atoms with E-state index in [4.69, 9.17) is 0 Å². The first kappa shape index (κ1) is 14.6. The van der Waals surface area contributed by atoms with E-state index in [1.165, 1.54) is 0 Å². The third-order valence-electron chi connectivity index (χ3n) is 2.57. The highest BCUT2D eigenvalue weighted by molar-refractivity contribution is 9.09. The Morgan fingerprint density at radius 2 is 2.00 bits per heavy atom. The number of benzene rings is 1. The summed E-state index contributed by atoms with van der Waals surface area (Å²) in [5, 5.41) is 3.02. The smallest absolute Gasteiger partial charge is 0.230 e. The minimum atomic E-state index is -0.228. The van der Waals surface area contributed by atoms with E-state index in [-0.39, 0.29) is 16.3 Å². The van der Waals surface area contributed by atoms with Gasteiger partial charge in [0.15, 0.2) is 0 Å². The van der Waals surface area contributed by atoms with Crippen molar-refractivity contribution in [3.8, 4) is 0 Å². The zero-order valence-electron chi connectivity index (χ0n) is 10.4. The summed E-state index contributed by atoms with van der Waals surface area (Å²) < 4.78 is 0. The van der Waals surface area contributed by atoms with Gasteiger partial charge in [0, 0.05) is 15.3 Å². The van der Waals surface area contributed by atoms with Crippen molar-refractivity contribution in [2.24, 2.45) is 0 Å². The fraction of sp³-hybridized carbons (Fsp3) is 0.462. The molecule has 1 rings (SSSR count). The number of rotatable bonds is 5. The average molecular weight is 316 g/mol. The molecular weight excluding hydrogens is 298 g/mol. The zero-order valence-corrected chi connectivity index (χ0v) is 12.8. The van der Waals surface area contributed by atoms with Crippen LogP contribution in [0, 0.1) is 0 Å². The van der Waals surface area contributed by atoms with Gasteiger partial charge in [-0.25, -0.2) is 0 Å². The van der Waals surface area contributed by atoms with Crippen molar-refractivity contribution in [3.63, 3.8) is 0 Å². The van der Waals surface area contributed by atoms with Crippen LogP contribution in [0.2, 0.25) is 0 Å². The van der Waals surface area contributed by atoms with Gasteiger partial charge in [-0.15, -0.1) is 11.8 Å². The highest BCUT2D eigenvalue weighted by Gasteiger charge is 2.25. The maximum atomic E-state index is 11.8. The van der Waals surface area contributed by atoms with Crippen LogP contribution in [0.4, 0.5) is 0 Å². The van der Waals surface area contributed by atoms with Crippen molar-refractivity contribution in [1.29, 1.82) is 0 Å². The number of carbonyl (C=O) groups is 1. The van der Waals surface area contributed by atoms with Crippen LogP contribution in [0.1, 0.15) is 20.8 Å². The van der Waals surface area contributed by atoms with Crippen LogP contribution in [0.5, 0.6) is 0 Å². The summed E-state index contributed by atoms with van der Waals surface area (Å²) in [5.74, 6) is 0.517. The Hall–Kier alpha value is -0.480. The fourth-order valence-electron chi connectivity index (χ4n) is 1.16. The third kappa shape index (κ3) is 5.13. The van der Waals surface area contributed by atoms with E-state index in [1.807, 2.05) is 51.1 Å². The van der Waals surface area contributed by atoms with E-state index in [0.717, 1.165) is 4.90 Å². The maximum Gasteiger partial charge on any atom is 0.230 e. The molecule has 1 unspecified atom stereocenters. The first-order valence-electron chi connectivity index (χ1n) is 5.55. The predicted octanol–water partition coefficient (Wildman–Crippen LogP) is 3.46. The lowest BCUT2D eigenvalue weighted by Crippen LogP contribution is -2.49. The number of nitrogens with one attached hydrogen (secondary N) is 1. The summed E-state index contributed by atoms with van der Waals surface area (Å²) in [6.07, 6.45) is 0. The van der Waals surface area contributed by atoms with Crippen molar-refractivity contribution in [1.82, 2.24) is 5.32 Å². The predicted molar refractivity (Wildman–Crippen MR) is 77.8 cm³/mol. The fourth-order valence-corrected chi connectivity index (χ4v) is 1.99. The molecule has 0 bridgehead atoms. The Labute approximate surface area is 116 Å². The standard InChI is InChI=1S/C13H18BrNOS/c1-10(14)13(2,3)15-12(16)9-17-11-7-5-4-6-8-11/h4-8,10H,9H2,1-3H3,(H,15,16). The quantitative estimate of drug-likeness (QED) is 0.666. The lowest BCUT2D eigenvalue weighted by Gasteiger charge is -2.29. The number of thioether (sulfide) groups is 1. The second-order valence-corrected chi connectivity index (χ2v) is 6.91. The van der Waals surface area contributed by atoms with Crippen LogP contribution in [-0.2, 0) is 4.79 Å². The van der Waals surface area contributed by atoms with Gasteiger partial charge in [-0.1, -0.05) is 41.1 Å². The molecule has 0 fully saturated rings. The molecule has 94 valence electrons. The number of hydrogen-bond donors (Lipinski definition) is 1. The van der Waals surface area contributed by atoms with E-state index >= 15 is 0 Å². The van der Waals surface area contributed by atoms with E-state index in [1.54, 1.807) is 11.8 Å². The second kappa shape index (κ2) is 6.45. The van der Waals surface area contributed by atoms with Gasteiger partial charge in [0.05, 0.1) is 5.75 Å². The number of alkyl halides is 1. The van der Waals surface area contributed by atoms with E-state index in [2.05, 4.69) is 21.2 Å². The number of hydrogen-bond acceptors (Lipinski definition) is 2. The largest absolute Gasteiger partial charge is 0.349 e. The molecule has 1 aromatic rings. The summed E-state index contributed by atoms with van der Waals surface area (Å²) in [4.78, 5) is 13.1. The molecule has 0 saturated heterocycles. The molecule has 1 atom stereocenters. The minimum absolute atomic E-state index is 0.0650. The van der Waals surface area contributed by atoms with Crippen molar-refractivity contribution < 1.29 is 4.79 Å². The molecule has 17 heavy (non-hydrogen) atoms. The van der Waals surface area contributed by atoms with Gasteiger partial charge in [0.1, 0.15) is 0 Å². The van der Waals surface area contributed by atoms with Gasteiger partial charge >= 0.3 is 0 Å². The number of carbonyl (C=O) groups excluding carboxylic acids is 1. The Kier molecular flexibility index (Phi) is 5.53. The van der Waals surface area contributed by atoms with Gasteiger partial charge in [-0.05, 0) is 26.0 Å². The van der Waals surface area contributed by atoms with E-state index < -0.39 is 0 Å². The van der Waals surface area contributed by atoms with Crippen molar-refractivity contribution >= 4 is 33.6 Å². The average Bonchev–Trinajstić information content (AvgIpc) is 2.27. The molecule has 4 heteroatoms. The number of amides is 1. The molecule has 0 aliphatic rings.